The molecule has 3 rings (SSSR count). The van der Waals surface area contributed by atoms with E-state index in [4.69, 9.17) is 16.0 Å². The lowest BCUT2D eigenvalue weighted by Crippen LogP contribution is -1.99. The van der Waals surface area contributed by atoms with Gasteiger partial charge in [-0.2, -0.15) is 0 Å². The first-order chi connectivity index (χ1) is 11.7. The first-order valence-electron chi connectivity index (χ1n) is 7.84. The molecule has 2 heterocycles. The van der Waals surface area contributed by atoms with Crippen LogP contribution in [0.15, 0.2) is 33.8 Å². The van der Waals surface area contributed by atoms with Gasteiger partial charge in [0.25, 0.3) is 0 Å². The zero-order chi connectivity index (χ0) is 16.9. The molecule has 2 aromatic heterocycles. The highest BCUT2D eigenvalue weighted by molar-refractivity contribution is 7.98. The van der Waals surface area contributed by atoms with Crippen molar-refractivity contribution in [1.29, 1.82) is 0 Å². The molecule has 0 saturated carbocycles. The fraction of sp³-hybridized carbons (Fsp3) is 0.375. The Balaban J connectivity index is 1.75. The van der Waals surface area contributed by atoms with Crippen molar-refractivity contribution in [2.75, 3.05) is 0 Å². The molecule has 8 heteroatoms. The molecule has 3 aromatic rings. The summed E-state index contributed by atoms with van der Waals surface area (Å²) in [6, 6.07) is 7.60. The smallest absolute Gasteiger partial charge is 0.226 e. The fourth-order valence-electron chi connectivity index (χ4n) is 2.28. The number of nitrogens with zero attached hydrogens (tertiary/aromatic N) is 5. The number of aromatic nitrogens is 5. The Bertz CT molecular complexity index is 799. The number of benzene rings is 1. The maximum Gasteiger partial charge on any atom is 0.226 e. The number of aryl methyl sites for hydroxylation is 1. The molecule has 0 saturated heterocycles. The van der Waals surface area contributed by atoms with Crippen molar-refractivity contribution in [3.05, 3.63) is 41.1 Å². The van der Waals surface area contributed by atoms with Crippen LogP contribution in [0.2, 0.25) is 5.02 Å². The Hall–Kier alpha value is -1.86. The monoisotopic (exact) mass is 363 g/mol. The molecular formula is C16H18ClN5OS. The second-order valence-electron chi connectivity index (χ2n) is 5.19. The largest absolute Gasteiger partial charge is 0.424 e. The molecule has 0 amide bonds. The van der Waals surface area contributed by atoms with Crippen LogP contribution >= 0.6 is 23.4 Å². The summed E-state index contributed by atoms with van der Waals surface area (Å²) in [5.74, 6) is 2.71. The molecule has 24 heavy (non-hydrogen) atoms. The molecule has 0 fully saturated rings. The lowest BCUT2D eigenvalue weighted by Gasteiger charge is -2.06. The zero-order valence-corrected chi connectivity index (χ0v) is 15.1. The highest BCUT2D eigenvalue weighted by Gasteiger charge is 2.14. The third-order valence-electron chi connectivity index (χ3n) is 3.43. The second kappa shape index (κ2) is 7.81. The van der Waals surface area contributed by atoms with Crippen LogP contribution in [0, 0.1) is 0 Å². The van der Waals surface area contributed by atoms with Crippen LogP contribution in [-0.4, -0.2) is 25.0 Å². The summed E-state index contributed by atoms with van der Waals surface area (Å²) in [6.07, 6.45) is 1.80. The Morgan fingerprint density at radius 2 is 1.79 bits per heavy atom. The Morgan fingerprint density at radius 3 is 2.50 bits per heavy atom. The molecule has 0 spiro atoms. The van der Waals surface area contributed by atoms with Gasteiger partial charge in [-0.1, -0.05) is 30.3 Å². The summed E-state index contributed by atoms with van der Waals surface area (Å²) in [5, 5.41) is 18.3. The van der Waals surface area contributed by atoms with Crippen molar-refractivity contribution in [3.63, 3.8) is 0 Å². The van der Waals surface area contributed by atoms with Crippen molar-refractivity contribution in [1.82, 2.24) is 25.0 Å². The van der Waals surface area contributed by atoms with Crippen LogP contribution in [0.5, 0.6) is 0 Å². The average molecular weight is 364 g/mol. The van der Waals surface area contributed by atoms with Crippen molar-refractivity contribution < 1.29 is 4.42 Å². The predicted octanol–water partition coefficient (Wildman–Crippen LogP) is 4.25. The minimum absolute atomic E-state index is 0.579. The lowest BCUT2D eigenvalue weighted by molar-refractivity contribution is 0.462. The van der Waals surface area contributed by atoms with Crippen LogP contribution in [-0.2, 0) is 18.7 Å². The van der Waals surface area contributed by atoms with E-state index >= 15 is 0 Å². The molecule has 0 atom stereocenters. The van der Waals surface area contributed by atoms with Gasteiger partial charge in [0, 0.05) is 23.6 Å². The number of hydrogen-bond donors (Lipinski definition) is 0. The van der Waals surface area contributed by atoms with Gasteiger partial charge >= 0.3 is 0 Å². The van der Waals surface area contributed by atoms with Gasteiger partial charge in [-0.3, -0.25) is 0 Å². The minimum atomic E-state index is 0.579. The normalized spacial score (nSPS) is 11.1. The van der Waals surface area contributed by atoms with E-state index in [0.29, 0.717) is 22.6 Å². The van der Waals surface area contributed by atoms with Gasteiger partial charge in [-0.25, -0.2) is 0 Å². The molecule has 126 valence electrons. The predicted molar refractivity (Wildman–Crippen MR) is 94.0 cm³/mol. The molecule has 0 N–H and O–H groups in total. The van der Waals surface area contributed by atoms with E-state index in [-0.39, 0.29) is 0 Å². The number of hydrogen-bond acceptors (Lipinski definition) is 6. The minimum Gasteiger partial charge on any atom is -0.424 e. The SMILES string of the molecule is CCCc1nnc(CSc2nnc(-c3ccc(Cl)cc3)n2CC)o1. The highest BCUT2D eigenvalue weighted by Crippen LogP contribution is 2.26. The van der Waals surface area contributed by atoms with Crippen molar-refractivity contribution in [3.8, 4) is 11.4 Å². The molecule has 0 aliphatic heterocycles. The topological polar surface area (TPSA) is 69.6 Å². The van der Waals surface area contributed by atoms with E-state index in [1.165, 1.54) is 0 Å². The maximum atomic E-state index is 5.95. The average Bonchev–Trinajstić information content (AvgIpc) is 3.20. The Kier molecular flexibility index (Phi) is 5.52. The van der Waals surface area contributed by atoms with Crippen LogP contribution in [0.3, 0.4) is 0 Å². The van der Waals surface area contributed by atoms with E-state index < -0.39 is 0 Å². The highest BCUT2D eigenvalue weighted by atomic mass is 35.5. The molecule has 1 aromatic carbocycles. The summed E-state index contributed by atoms with van der Waals surface area (Å²) in [7, 11) is 0. The van der Waals surface area contributed by atoms with Gasteiger partial charge in [0.2, 0.25) is 11.8 Å². The van der Waals surface area contributed by atoms with Gasteiger partial charge in [0.15, 0.2) is 11.0 Å². The molecule has 0 radical (unpaired) electrons. The van der Waals surface area contributed by atoms with Gasteiger partial charge in [0.1, 0.15) is 0 Å². The quantitative estimate of drug-likeness (QED) is 0.584. The first kappa shape index (κ1) is 17.0. The molecule has 0 aliphatic rings. The number of thioether (sulfide) groups is 1. The van der Waals surface area contributed by atoms with Gasteiger partial charge < -0.3 is 8.98 Å². The summed E-state index contributed by atoms with van der Waals surface area (Å²) < 4.78 is 7.68. The fourth-order valence-corrected chi connectivity index (χ4v) is 3.25. The Morgan fingerprint density at radius 1 is 1.04 bits per heavy atom. The first-order valence-corrected chi connectivity index (χ1v) is 9.20. The van der Waals surface area contributed by atoms with E-state index in [1.54, 1.807) is 11.8 Å². The molecular weight excluding hydrogens is 346 g/mol. The summed E-state index contributed by atoms with van der Waals surface area (Å²) >= 11 is 7.49. The van der Waals surface area contributed by atoms with Gasteiger partial charge in [-0.15, -0.1) is 20.4 Å². The molecule has 6 nitrogen and oxygen atoms in total. The van der Waals surface area contributed by atoms with E-state index in [2.05, 4.69) is 38.8 Å². The van der Waals surface area contributed by atoms with E-state index in [1.807, 2.05) is 24.3 Å². The van der Waals surface area contributed by atoms with Crippen molar-refractivity contribution >= 4 is 23.4 Å². The zero-order valence-electron chi connectivity index (χ0n) is 13.6. The van der Waals surface area contributed by atoms with Crippen molar-refractivity contribution in [2.24, 2.45) is 0 Å². The van der Waals surface area contributed by atoms with Crippen LogP contribution in [0.1, 0.15) is 32.0 Å². The van der Waals surface area contributed by atoms with E-state index in [0.717, 1.165) is 35.9 Å². The molecule has 0 unspecified atom stereocenters. The summed E-state index contributed by atoms with van der Waals surface area (Å²) in [5.41, 5.74) is 0.989. The van der Waals surface area contributed by atoms with Crippen molar-refractivity contribution in [2.45, 2.75) is 44.1 Å². The standard InChI is InChI=1S/C16H18ClN5OS/c1-3-5-13-18-19-14(23-13)10-24-16-21-20-15(22(16)4-2)11-6-8-12(17)9-7-11/h6-9H,3-5,10H2,1-2H3. The van der Waals surface area contributed by atoms with Gasteiger partial charge in [-0.05, 0) is 37.6 Å². The van der Waals surface area contributed by atoms with Crippen LogP contribution in [0.25, 0.3) is 11.4 Å². The second-order valence-corrected chi connectivity index (χ2v) is 6.56. The molecule has 0 bridgehead atoms. The lowest BCUT2D eigenvalue weighted by atomic mass is 10.2. The number of rotatable bonds is 7. The number of halogens is 1. The maximum absolute atomic E-state index is 5.95. The van der Waals surface area contributed by atoms with Crippen LogP contribution < -0.4 is 0 Å². The third kappa shape index (κ3) is 3.79. The van der Waals surface area contributed by atoms with E-state index in [9.17, 15) is 0 Å². The molecule has 0 aliphatic carbocycles. The Labute approximate surface area is 149 Å². The van der Waals surface area contributed by atoms with Gasteiger partial charge in [0.05, 0.1) is 5.75 Å². The third-order valence-corrected chi connectivity index (χ3v) is 4.64. The summed E-state index contributed by atoms with van der Waals surface area (Å²) in [4.78, 5) is 0. The van der Waals surface area contributed by atoms with Crippen LogP contribution in [0.4, 0.5) is 0 Å². The summed E-state index contributed by atoms with van der Waals surface area (Å²) in [6.45, 7) is 4.93.